The average Bonchev–Trinajstić information content (AvgIpc) is 2.10. The zero-order chi connectivity index (χ0) is 10.3. The number of nitrogens with two attached hydrogens (primary N) is 1. The van der Waals surface area contributed by atoms with Crippen LogP contribution in [0.15, 0.2) is 0 Å². The third-order valence-electron chi connectivity index (χ3n) is 2.37. The van der Waals surface area contributed by atoms with Crippen molar-refractivity contribution in [2.24, 2.45) is 17.6 Å². The van der Waals surface area contributed by atoms with Gasteiger partial charge >= 0.3 is 5.97 Å². The van der Waals surface area contributed by atoms with Crippen molar-refractivity contribution in [1.82, 2.24) is 0 Å². The van der Waals surface area contributed by atoms with Crippen molar-refractivity contribution in [1.29, 1.82) is 0 Å². The van der Waals surface area contributed by atoms with E-state index in [1.54, 1.807) is 0 Å². The fourth-order valence-corrected chi connectivity index (χ4v) is 1.45. The summed E-state index contributed by atoms with van der Waals surface area (Å²) in [7, 11) is 0. The summed E-state index contributed by atoms with van der Waals surface area (Å²) < 4.78 is 0. The SMILES string of the molecule is CCCC[C@H](C)C[C@H](CN)C(=O)O. The first kappa shape index (κ1) is 12.4. The predicted octanol–water partition coefficient (Wildman–Crippen LogP) is 1.86. The summed E-state index contributed by atoms with van der Waals surface area (Å²) in [6.07, 6.45) is 4.18. The number of carbonyl (C=O) groups is 1. The first-order chi connectivity index (χ1) is 6.11. The molecule has 0 amide bonds. The molecule has 0 saturated carbocycles. The van der Waals surface area contributed by atoms with Gasteiger partial charge in [0.1, 0.15) is 0 Å². The van der Waals surface area contributed by atoms with Gasteiger partial charge in [-0.05, 0) is 12.3 Å². The summed E-state index contributed by atoms with van der Waals surface area (Å²) >= 11 is 0. The largest absolute Gasteiger partial charge is 0.481 e. The Bertz CT molecular complexity index is 148. The Morgan fingerprint density at radius 1 is 1.54 bits per heavy atom. The van der Waals surface area contributed by atoms with Crippen molar-refractivity contribution < 1.29 is 9.90 Å². The van der Waals surface area contributed by atoms with Crippen LogP contribution in [0.4, 0.5) is 0 Å². The second-order valence-corrected chi connectivity index (χ2v) is 3.75. The zero-order valence-electron chi connectivity index (χ0n) is 8.62. The Labute approximate surface area is 80.3 Å². The van der Waals surface area contributed by atoms with E-state index in [0.29, 0.717) is 12.3 Å². The summed E-state index contributed by atoms with van der Waals surface area (Å²) in [5, 5.41) is 8.77. The molecule has 3 heteroatoms. The molecule has 2 atom stereocenters. The van der Waals surface area contributed by atoms with Gasteiger partial charge in [0.25, 0.3) is 0 Å². The van der Waals surface area contributed by atoms with Gasteiger partial charge in [0.05, 0.1) is 5.92 Å². The molecule has 3 N–H and O–H groups in total. The lowest BCUT2D eigenvalue weighted by atomic mass is 9.92. The van der Waals surface area contributed by atoms with Crippen LogP contribution in [0.25, 0.3) is 0 Å². The van der Waals surface area contributed by atoms with E-state index in [9.17, 15) is 4.79 Å². The van der Waals surface area contributed by atoms with Crippen molar-refractivity contribution in [2.75, 3.05) is 6.54 Å². The number of hydrogen-bond acceptors (Lipinski definition) is 2. The fraction of sp³-hybridized carbons (Fsp3) is 0.900. The molecule has 0 aromatic heterocycles. The Morgan fingerprint density at radius 2 is 2.15 bits per heavy atom. The Kier molecular flexibility index (Phi) is 6.59. The van der Waals surface area contributed by atoms with E-state index in [1.807, 2.05) is 0 Å². The van der Waals surface area contributed by atoms with Gasteiger partial charge in [0.15, 0.2) is 0 Å². The lowest BCUT2D eigenvalue weighted by molar-refractivity contribution is -0.141. The Morgan fingerprint density at radius 3 is 2.54 bits per heavy atom. The van der Waals surface area contributed by atoms with E-state index < -0.39 is 5.97 Å². The van der Waals surface area contributed by atoms with E-state index in [-0.39, 0.29) is 12.5 Å². The fourth-order valence-electron chi connectivity index (χ4n) is 1.45. The average molecular weight is 187 g/mol. The molecule has 0 aliphatic heterocycles. The summed E-state index contributed by atoms with van der Waals surface area (Å²) in [6.45, 7) is 4.50. The molecule has 0 radical (unpaired) electrons. The molecule has 3 nitrogen and oxygen atoms in total. The second-order valence-electron chi connectivity index (χ2n) is 3.75. The minimum absolute atomic E-state index is 0.256. The molecule has 0 aliphatic rings. The molecule has 0 saturated heterocycles. The van der Waals surface area contributed by atoms with Crippen LogP contribution in [0, 0.1) is 11.8 Å². The van der Waals surface area contributed by atoms with E-state index >= 15 is 0 Å². The molecule has 78 valence electrons. The van der Waals surface area contributed by atoms with Gasteiger partial charge in [-0.1, -0.05) is 33.1 Å². The molecule has 0 fully saturated rings. The molecule has 13 heavy (non-hydrogen) atoms. The molecule has 0 aliphatic carbocycles. The van der Waals surface area contributed by atoms with Crippen LogP contribution in [0.2, 0.25) is 0 Å². The lowest BCUT2D eigenvalue weighted by Crippen LogP contribution is -2.25. The maximum absolute atomic E-state index is 10.7. The van der Waals surface area contributed by atoms with Crippen molar-refractivity contribution in [2.45, 2.75) is 39.5 Å². The molecule has 0 unspecified atom stereocenters. The first-order valence-electron chi connectivity index (χ1n) is 5.04. The van der Waals surface area contributed by atoms with Gasteiger partial charge in [-0.3, -0.25) is 4.79 Å². The van der Waals surface area contributed by atoms with Crippen LogP contribution in [0.5, 0.6) is 0 Å². The number of aliphatic carboxylic acids is 1. The molecular formula is C10H21NO2. The molecular weight excluding hydrogens is 166 g/mol. The second kappa shape index (κ2) is 6.89. The predicted molar refractivity (Wildman–Crippen MR) is 53.5 cm³/mol. The minimum Gasteiger partial charge on any atom is -0.481 e. The highest BCUT2D eigenvalue weighted by Gasteiger charge is 2.18. The number of unbranched alkanes of at least 4 members (excludes halogenated alkanes) is 1. The molecule has 0 rings (SSSR count). The summed E-state index contributed by atoms with van der Waals surface area (Å²) in [6, 6.07) is 0. The quantitative estimate of drug-likeness (QED) is 0.639. The maximum Gasteiger partial charge on any atom is 0.307 e. The standard InChI is InChI=1S/C10H21NO2/c1-3-4-5-8(2)6-9(7-11)10(12)13/h8-9H,3-7,11H2,1-2H3,(H,12,13)/t8-,9+/m0/s1. The third kappa shape index (κ3) is 5.64. The van der Waals surface area contributed by atoms with Crippen LogP contribution in [-0.4, -0.2) is 17.6 Å². The summed E-state index contributed by atoms with van der Waals surface area (Å²) in [4.78, 5) is 10.7. The van der Waals surface area contributed by atoms with Crippen molar-refractivity contribution in [3.8, 4) is 0 Å². The number of carboxylic acid groups (broad SMARTS) is 1. The maximum atomic E-state index is 10.7. The first-order valence-corrected chi connectivity index (χ1v) is 5.04. The highest BCUT2D eigenvalue weighted by atomic mass is 16.4. The summed E-state index contributed by atoms with van der Waals surface area (Å²) in [5.74, 6) is -0.637. The number of carboxylic acids is 1. The topological polar surface area (TPSA) is 63.3 Å². The van der Waals surface area contributed by atoms with Gasteiger partial charge in [-0.2, -0.15) is 0 Å². The third-order valence-corrected chi connectivity index (χ3v) is 2.37. The summed E-state index contributed by atoms with van der Waals surface area (Å²) in [5.41, 5.74) is 5.37. The number of rotatable bonds is 7. The number of hydrogen-bond donors (Lipinski definition) is 2. The smallest absolute Gasteiger partial charge is 0.307 e. The van der Waals surface area contributed by atoms with E-state index in [2.05, 4.69) is 13.8 Å². The van der Waals surface area contributed by atoms with Crippen LogP contribution in [-0.2, 0) is 4.79 Å². The lowest BCUT2D eigenvalue weighted by Gasteiger charge is -2.15. The minimum atomic E-state index is -0.758. The molecule has 0 spiro atoms. The van der Waals surface area contributed by atoms with Crippen molar-refractivity contribution in [3.63, 3.8) is 0 Å². The highest BCUT2D eigenvalue weighted by Crippen LogP contribution is 2.17. The Hall–Kier alpha value is -0.570. The van der Waals surface area contributed by atoms with Gasteiger partial charge in [0.2, 0.25) is 0 Å². The van der Waals surface area contributed by atoms with Crippen molar-refractivity contribution >= 4 is 5.97 Å². The van der Waals surface area contributed by atoms with Crippen LogP contribution >= 0.6 is 0 Å². The molecule has 0 aromatic rings. The van der Waals surface area contributed by atoms with Crippen LogP contribution in [0.1, 0.15) is 39.5 Å². The molecule has 0 bridgehead atoms. The monoisotopic (exact) mass is 187 g/mol. The van der Waals surface area contributed by atoms with Crippen molar-refractivity contribution in [3.05, 3.63) is 0 Å². The van der Waals surface area contributed by atoms with Gasteiger partial charge in [-0.25, -0.2) is 0 Å². The van der Waals surface area contributed by atoms with Gasteiger partial charge in [0, 0.05) is 6.54 Å². The normalized spacial score (nSPS) is 15.3. The van der Waals surface area contributed by atoms with Gasteiger partial charge < -0.3 is 10.8 Å². The van der Waals surface area contributed by atoms with Gasteiger partial charge in [-0.15, -0.1) is 0 Å². The van der Waals surface area contributed by atoms with E-state index in [0.717, 1.165) is 6.42 Å². The van der Waals surface area contributed by atoms with E-state index in [4.69, 9.17) is 10.8 Å². The molecule has 0 aromatic carbocycles. The highest BCUT2D eigenvalue weighted by molar-refractivity contribution is 5.70. The van der Waals surface area contributed by atoms with Crippen LogP contribution < -0.4 is 5.73 Å². The Balaban J connectivity index is 3.73. The molecule has 0 heterocycles. The zero-order valence-corrected chi connectivity index (χ0v) is 8.62. The van der Waals surface area contributed by atoms with E-state index in [1.165, 1.54) is 12.8 Å². The van der Waals surface area contributed by atoms with Crippen LogP contribution in [0.3, 0.4) is 0 Å².